The Balaban J connectivity index is 1.41. The number of hydrogen-bond donors (Lipinski definition) is 7. The molecule has 3 amide bonds. The number of nitrogens with one attached hydrogen (secondary N) is 3. The van der Waals surface area contributed by atoms with Gasteiger partial charge >= 0.3 is 5.97 Å². The van der Waals surface area contributed by atoms with Crippen molar-refractivity contribution in [1.82, 2.24) is 20.5 Å². The number of aromatic nitrogens is 1. The maximum atomic E-state index is 13.5. The summed E-state index contributed by atoms with van der Waals surface area (Å²) in [6.07, 6.45) is 1.39. The minimum Gasteiger partial charge on any atom is -0.508 e. The zero-order valence-electron chi connectivity index (χ0n) is 22.6. The molecule has 0 bridgehead atoms. The van der Waals surface area contributed by atoms with E-state index in [0.717, 1.165) is 16.5 Å². The number of aliphatic hydroxyl groups is 1. The third-order valence-electron chi connectivity index (χ3n) is 7.33. The topological polar surface area (TPSA) is 198 Å². The molecule has 8 N–H and O–H groups in total. The molecule has 1 saturated heterocycles. The third-order valence-corrected chi connectivity index (χ3v) is 7.33. The second kappa shape index (κ2) is 12.8. The molecule has 5 unspecified atom stereocenters. The Kier molecular flexibility index (Phi) is 9.25. The van der Waals surface area contributed by atoms with Crippen LogP contribution in [0.2, 0.25) is 0 Å². The van der Waals surface area contributed by atoms with Gasteiger partial charge in [-0.15, -0.1) is 0 Å². The van der Waals surface area contributed by atoms with Crippen molar-refractivity contribution in [3.63, 3.8) is 0 Å². The average Bonchev–Trinajstić information content (AvgIpc) is 3.59. The summed E-state index contributed by atoms with van der Waals surface area (Å²) in [7, 11) is 0. The number of carboxylic acids is 1. The van der Waals surface area contributed by atoms with Crippen LogP contribution in [0.4, 0.5) is 0 Å². The molecular formula is C29H35N5O7. The first-order valence-electron chi connectivity index (χ1n) is 13.5. The molecule has 1 aromatic heterocycles. The van der Waals surface area contributed by atoms with Crippen LogP contribution in [0.5, 0.6) is 5.75 Å². The summed E-state index contributed by atoms with van der Waals surface area (Å²) in [6, 6.07) is 9.02. The van der Waals surface area contributed by atoms with Gasteiger partial charge in [0.25, 0.3) is 0 Å². The number of benzene rings is 2. The van der Waals surface area contributed by atoms with E-state index in [9.17, 15) is 34.5 Å². The number of phenols is 1. The molecule has 218 valence electrons. The number of hydrogen-bond acceptors (Lipinski definition) is 7. The number of nitrogens with two attached hydrogens (primary N) is 1. The number of phenolic OH excluding ortho intramolecular Hbond substituents is 1. The molecule has 41 heavy (non-hydrogen) atoms. The van der Waals surface area contributed by atoms with E-state index in [4.69, 9.17) is 5.73 Å². The standard InChI is InChI=1S/C29H35N5O7/c1-16(35)25(33-26(37)21(30)13-17-8-10-19(36)11-9-17)28(39)34-12-4-7-24(34)27(38)32-23(29(40)41)14-18-15-31-22-6-3-2-5-20(18)22/h2-3,5-6,8-11,15-16,21,23-25,31,35-36H,4,7,12-14,30H2,1H3,(H,32,38)(H,33,37)(H,40,41). The van der Waals surface area contributed by atoms with E-state index in [1.807, 2.05) is 24.3 Å². The van der Waals surface area contributed by atoms with Crippen molar-refractivity contribution in [2.24, 2.45) is 5.73 Å². The Hall–Kier alpha value is -4.42. The van der Waals surface area contributed by atoms with Crippen LogP contribution in [-0.2, 0) is 32.0 Å². The first-order chi connectivity index (χ1) is 19.5. The molecule has 0 saturated carbocycles. The van der Waals surface area contributed by atoms with Crippen molar-refractivity contribution < 1.29 is 34.5 Å². The van der Waals surface area contributed by atoms with E-state index < -0.39 is 54.0 Å². The predicted molar refractivity (Wildman–Crippen MR) is 150 cm³/mol. The first kappa shape index (κ1) is 29.6. The van der Waals surface area contributed by atoms with Crippen LogP contribution in [0.15, 0.2) is 54.7 Å². The van der Waals surface area contributed by atoms with E-state index in [-0.39, 0.29) is 25.1 Å². The molecule has 5 atom stereocenters. The Morgan fingerprint density at radius 2 is 1.78 bits per heavy atom. The van der Waals surface area contributed by atoms with Crippen LogP contribution in [0.25, 0.3) is 10.9 Å². The van der Waals surface area contributed by atoms with E-state index in [1.165, 1.54) is 24.0 Å². The van der Waals surface area contributed by atoms with Crippen molar-refractivity contribution >= 4 is 34.6 Å². The normalized spacial score (nSPS) is 17.9. The molecule has 0 aliphatic carbocycles. The number of rotatable bonds is 11. The maximum Gasteiger partial charge on any atom is 0.326 e. The van der Waals surface area contributed by atoms with Gasteiger partial charge in [0.15, 0.2) is 0 Å². The summed E-state index contributed by atoms with van der Waals surface area (Å²) in [5, 5.41) is 35.6. The van der Waals surface area contributed by atoms with Gasteiger partial charge in [-0.05, 0) is 55.5 Å². The molecule has 1 aliphatic heterocycles. The second-order valence-electron chi connectivity index (χ2n) is 10.4. The molecule has 1 fully saturated rings. The number of fused-ring (bicyclic) bond motifs is 1. The van der Waals surface area contributed by atoms with Crippen molar-refractivity contribution in [2.75, 3.05) is 6.54 Å². The summed E-state index contributed by atoms with van der Waals surface area (Å²) < 4.78 is 0. The van der Waals surface area contributed by atoms with E-state index in [0.29, 0.717) is 18.4 Å². The van der Waals surface area contributed by atoms with Crippen LogP contribution in [0.1, 0.15) is 30.9 Å². The largest absolute Gasteiger partial charge is 0.508 e. The molecular weight excluding hydrogens is 530 g/mol. The van der Waals surface area contributed by atoms with Crippen LogP contribution >= 0.6 is 0 Å². The van der Waals surface area contributed by atoms with Gasteiger partial charge in [0.05, 0.1) is 12.1 Å². The van der Waals surface area contributed by atoms with E-state index in [2.05, 4.69) is 15.6 Å². The SMILES string of the molecule is CC(O)C(NC(=O)C(N)Cc1ccc(O)cc1)C(=O)N1CCCC1C(=O)NC(Cc1c[nH]c2ccccc12)C(=O)O. The highest BCUT2D eigenvalue weighted by molar-refractivity contribution is 5.95. The first-order valence-corrected chi connectivity index (χ1v) is 13.5. The number of likely N-dealkylation sites (tertiary alicyclic amines) is 1. The molecule has 2 aromatic carbocycles. The van der Waals surface area contributed by atoms with Crippen LogP contribution in [0.3, 0.4) is 0 Å². The number of aromatic hydroxyl groups is 1. The monoisotopic (exact) mass is 565 g/mol. The number of H-pyrrole nitrogens is 1. The zero-order chi connectivity index (χ0) is 29.7. The highest BCUT2D eigenvalue weighted by atomic mass is 16.4. The number of aliphatic hydroxyl groups excluding tert-OH is 1. The minimum absolute atomic E-state index is 0.0387. The lowest BCUT2D eigenvalue weighted by Crippen LogP contribution is -2.59. The lowest BCUT2D eigenvalue weighted by atomic mass is 10.0. The highest BCUT2D eigenvalue weighted by Crippen LogP contribution is 2.22. The van der Waals surface area contributed by atoms with Gasteiger partial charge in [0, 0.05) is 30.1 Å². The Bertz CT molecular complexity index is 1400. The van der Waals surface area contributed by atoms with Crippen LogP contribution in [-0.4, -0.2) is 85.7 Å². The van der Waals surface area contributed by atoms with Crippen LogP contribution < -0.4 is 16.4 Å². The fourth-order valence-electron chi connectivity index (χ4n) is 5.10. The van der Waals surface area contributed by atoms with Gasteiger partial charge in [-0.3, -0.25) is 14.4 Å². The summed E-state index contributed by atoms with van der Waals surface area (Å²) in [6.45, 7) is 1.55. The second-order valence-corrected chi connectivity index (χ2v) is 10.4. The molecule has 12 nitrogen and oxygen atoms in total. The predicted octanol–water partition coefficient (Wildman–Crippen LogP) is 0.412. The molecule has 1 aliphatic rings. The maximum absolute atomic E-state index is 13.5. The Morgan fingerprint density at radius 3 is 2.46 bits per heavy atom. The molecule has 0 radical (unpaired) electrons. The van der Waals surface area contributed by atoms with Gasteiger partial charge in [0.1, 0.15) is 23.9 Å². The molecule has 12 heteroatoms. The van der Waals surface area contributed by atoms with E-state index in [1.54, 1.807) is 18.3 Å². The number of aliphatic carboxylic acids is 1. The average molecular weight is 566 g/mol. The molecule has 2 heterocycles. The highest BCUT2D eigenvalue weighted by Gasteiger charge is 2.40. The van der Waals surface area contributed by atoms with Crippen LogP contribution in [0, 0.1) is 0 Å². The van der Waals surface area contributed by atoms with Gasteiger partial charge in [-0.2, -0.15) is 0 Å². The summed E-state index contributed by atoms with van der Waals surface area (Å²) in [5.41, 5.74) is 8.31. The van der Waals surface area contributed by atoms with Crippen molar-refractivity contribution in [3.05, 3.63) is 65.9 Å². The number of carboxylic acid groups (broad SMARTS) is 1. The van der Waals surface area contributed by atoms with Gasteiger partial charge in [0.2, 0.25) is 17.7 Å². The van der Waals surface area contributed by atoms with Gasteiger partial charge < -0.3 is 41.6 Å². The molecule has 4 rings (SSSR count). The number of para-hydroxylation sites is 1. The van der Waals surface area contributed by atoms with Crippen molar-refractivity contribution in [2.45, 2.75) is 62.9 Å². The summed E-state index contributed by atoms with van der Waals surface area (Å²) in [5.74, 6) is -3.09. The lowest BCUT2D eigenvalue weighted by molar-refractivity contribution is -0.146. The number of nitrogens with zero attached hydrogens (tertiary/aromatic N) is 1. The van der Waals surface area contributed by atoms with Gasteiger partial charge in [-0.25, -0.2) is 4.79 Å². The quantitative estimate of drug-likeness (QED) is 0.173. The fourth-order valence-corrected chi connectivity index (χ4v) is 5.10. The fraction of sp³-hybridized carbons (Fsp3) is 0.379. The number of carbonyl (C=O) groups is 4. The summed E-state index contributed by atoms with van der Waals surface area (Å²) in [4.78, 5) is 55.9. The van der Waals surface area contributed by atoms with Crippen molar-refractivity contribution in [3.8, 4) is 5.75 Å². The zero-order valence-corrected chi connectivity index (χ0v) is 22.6. The van der Waals surface area contributed by atoms with Gasteiger partial charge in [-0.1, -0.05) is 30.3 Å². The summed E-state index contributed by atoms with van der Waals surface area (Å²) >= 11 is 0. The Morgan fingerprint density at radius 1 is 1.07 bits per heavy atom. The number of amides is 3. The molecule has 3 aromatic rings. The molecule has 0 spiro atoms. The van der Waals surface area contributed by atoms with E-state index >= 15 is 0 Å². The number of aromatic amines is 1. The Labute approximate surface area is 236 Å². The number of carbonyl (C=O) groups excluding carboxylic acids is 3. The smallest absolute Gasteiger partial charge is 0.326 e. The third kappa shape index (κ3) is 7.02. The lowest BCUT2D eigenvalue weighted by Gasteiger charge is -2.31. The minimum atomic E-state index is -1.36. The van der Waals surface area contributed by atoms with Crippen molar-refractivity contribution in [1.29, 1.82) is 0 Å².